The first-order chi connectivity index (χ1) is 6.72. The van der Waals surface area contributed by atoms with Crippen molar-refractivity contribution in [2.24, 2.45) is 29.6 Å². The van der Waals surface area contributed by atoms with Gasteiger partial charge in [0.1, 0.15) is 0 Å². The molecule has 0 amide bonds. The van der Waals surface area contributed by atoms with Crippen LogP contribution in [0.1, 0.15) is 59.3 Å². The Bertz CT molecular complexity index is 182. The largest absolute Gasteiger partial charge is 0.0651 e. The lowest BCUT2D eigenvalue weighted by molar-refractivity contribution is 0.0461. The van der Waals surface area contributed by atoms with Gasteiger partial charge in [0.2, 0.25) is 0 Å². The molecule has 0 bridgehead atoms. The van der Waals surface area contributed by atoms with Crippen molar-refractivity contribution in [1.29, 1.82) is 0 Å². The van der Waals surface area contributed by atoms with Crippen LogP contribution in [-0.4, -0.2) is 0 Å². The molecule has 0 heteroatoms. The van der Waals surface area contributed by atoms with Crippen LogP contribution in [0.3, 0.4) is 0 Å². The van der Waals surface area contributed by atoms with E-state index in [0.29, 0.717) is 0 Å². The van der Waals surface area contributed by atoms with Crippen molar-refractivity contribution >= 4 is 0 Å². The second-order valence-electron chi connectivity index (χ2n) is 5.95. The van der Waals surface area contributed by atoms with Crippen LogP contribution < -0.4 is 0 Å². The number of hydrogen-bond acceptors (Lipinski definition) is 0. The Labute approximate surface area is 89.5 Å². The van der Waals surface area contributed by atoms with E-state index in [1.165, 1.54) is 38.5 Å². The first kappa shape index (κ1) is 10.5. The summed E-state index contributed by atoms with van der Waals surface area (Å²) in [6.07, 6.45) is 9.04. The van der Waals surface area contributed by atoms with E-state index in [2.05, 4.69) is 20.8 Å². The minimum Gasteiger partial charge on any atom is -0.0651 e. The molecule has 2 saturated carbocycles. The quantitative estimate of drug-likeness (QED) is 0.577. The van der Waals surface area contributed by atoms with Gasteiger partial charge < -0.3 is 0 Å². The fraction of sp³-hybridized carbons (Fsp3) is 1.00. The smallest absolute Gasteiger partial charge is 0.0357 e. The Kier molecular flexibility index (Phi) is 3.19. The Morgan fingerprint density at radius 1 is 1.00 bits per heavy atom. The van der Waals surface area contributed by atoms with Gasteiger partial charge >= 0.3 is 0 Å². The van der Waals surface area contributed by atoms with Crippen LogP contribution in [0.2, 0.25) is 0 Å². The minimum atomic E-state index is 1.02. The van der Waals surface area contributed by atoms with Crippen molar-refractivity contribution in [3.05, 3.63) is 0 Å². The summed E-state index contributed by atoms with van der Waals surface area (Å²) in [5, 5.41) is 0. The highest BCUT2D eigenvalue weighted by atomic mass is 14.4. The number of rotatable bonds is 1. The van der Waals surface area contributed by atoms with Crippen molar-refractivity contribution < 1.29 is 0 Å². The summed E-state index contributed by atoms with van der Waals surface area (Å²) in [7, 11) is 0. The fourth-order valence-corrected chi connectivity index (χ4v) is 4.16. The Hall–Kier alpha value is 0. The van der Waals surface area contributed by atoms with Gasteiger partial charge in [-0.05, 0) is 55.3 Å². The molecule has 0 saturated heterocycles. The number of fused-ring (bicyclic) bond motifs is 1. The molecule has 2 aliphatic rings. The Balaban J connectivity index is 2.00. The van der Waals surface area contributed by atoms with Gasteiger partial charge in [-0.25, -0.2) is 0 Å². The highest BCUT2D eigenvalue weighted by Gasteiger charge is 2.38. The van der Waals surface area contributed by atoms with Crippen LogP contribution in [0.15, 0.2) is 0 Å². The van der Waals surface area contributed by atoms with Crippen LogP contribution in [0.5, 0.6) is 0 Å². The first-order valence-corrected chi connectivity index (χ1v) is 6.72. The first-order valence-electron chi connectivity index (χ1n) is 6.72. The maximum atomic E-state index is 2.53. The molecule has 0 aliphatic heterocycles. The molecule has 0 heterocycles. The topological polar surface area (TPSA) is 0 Å². The highest BCUT2D eigenvalue weighted by Crippen LogP contribution is 2.48. The second kappa shape index (κ2) is 4.24. The summed E-state index contributed by atoms with van der Waals surface area (Å²) in [5.41, 5.74) is 0. The lowest BCUT2D eigenvalue weighted by atomic mass is 9.60. The fourth-order valence-electron chi connectivity index (χ4n) is 4.16. The Morgan fingerprint density at radius 2 is 1.79 bits per heavy atom. The van der Waals surface area contributed by atoms with Gasteiger partial charge in [-0.3, -0.25) is 0 Å². The average Bonchev–Trinajstić information content (AvgIpc) is 2.18. The maximum Gasteiger partial charge on any atom is -0.0357 e. The minimum absolute atomic E-state index is 1.02. The van der Waals surface area contributed by atoms with E-state index >= 15 is 0 Å². The molecule has 0 radical (unpaired) electrons. The van der Waals surface area contributed by atoms with Crippen molar-refractivity contribution in [3.63, 3.8) is 0 Å². The van der Waals surface area contributed by atoms with Crippen molar-refractivity contribution in [2.45, 2.75) is 59.3 Å². The SMILES string of the molecule is CCC1CCC2CC(C)CCC2C1C. The molecule has 5 unspecified atom stereocenters. The van der Waals surface area contributed by atoms with Gasteiger partial charge in [0.25, 0.3) is 0 Å². The molecular formula is C14H26. The third kappa shape index (κ3) is 1.85. The summed E-state index contributed by atoms with van der Waals surface area (Å²) >= 11 is 0. The molecule has 5 atom stereocenters. The van der Waals surface area contributed by atoms with Crippen molar-refractivity contribution in [1.82, 2.24) is 0 Å². The summed E-state index contributed by atoms with van der Waals surface area (Å²) < 4.78 is 0. The van der Waals surface area contributed by atoms with E-state index in [0.717, 1.165) is 29.6 Å². The summed E-state index contributed by atoms with van der Waals surface area (Å²) in [5.74, 6) is 5.26. The summed E-state index contributed by atoms with van der Waals surface area (Å²) in [6, 6.07) is 0. The van der Waals surface area contributed by atoms with Crippen molar-refractivity contribution in [2.75, 3.05) is 0 Å². The monoisotopic (exact) mass is 194 g/mol. The second-order valence-corrected chi connectivity index (χ2v) is 5.95. The van der Waals surface area contributed by atoms with E-state index in [-0.39, 0.29) is 0 Å². The van der Waals surface area contributed by atoms with Crippen LogP contribution in [0.25, 0.3) is 0 Å². The van der Waals surface area contributed by atoms with E-state index in [4.69, 9.17) is 0 Å². The van der Waals surface area contributed by atoms with Gasteiger partial charge in [-0.15, -0.1) is 0 Å². The van der Waals surface area contributed by atoms with E-state index in [1.807, 2.05) is 0 Å². The van der Waals surface area contributed by atoms with Gasteiger partial charge in [0.05, 0.1) is 0 Å². The molecule has 2 aliphatic carbocycles. The summed E-state index contributed by atoms with van der Waals surface area (Å²) in [6.45, 7) is 7.36. The number of hydrogen-bond donors (Lipinski definition) is 0. The lowest BCUT2D eigenvalue weighted by Crippen LogP contribution is -2.36. The van der Waals surface area contributed by atoms with Crippen LogP contribution >= 0.6 is 0 Å². The summed E-state index contributed by atoms with van der Waals surface area (Å²) in [4.78, 5) is 0. The van der Waals surface area contributed by atoms with Crippen molar-refractivity contribution in [3.8, 4) is 0 Å². The molecule has 2 rings (SSSR count). The molecule has 0 nitrogen and oxygen atoms in total. The van der Waals surface area contributed by atoms with Crippen LogP contribution in [-0.2, 0) is 0 Å². The molecular weight excluding hydrogens is 168 g/mol. The van der Waals surface area contributed by atoms with Crippen LogP contribution in [0, 0.1) is 29.6 Å². The maximum absolute atomic E-state index is 2.53. The third-order valence-electron chi connectivity index (χ3n) is 5.15. The molecule has 0 spiro atoms. The van der Waals surface area contributed by atoms with Crippen LogP contribution in [0.4, 0.5) is 0 Å². The van der Waals surface area contributed by atoms with Gasteiger partial charge in [0.15, 0.2) is 0 Å². The normalized spacial score (nSPS) is 48.6. The van der Waals surface area contributed by atoms with Gasteiger partial charge in [0, 0.05) is 0 Å². The predicted octanol–water partition coefficient (Wildman–Crippen LogP) is 4.49. The molecule has 0 N–H and O–H groups in total. The zero-order valence-electron chi connectivity index (χ0n) is 10.1. The van der Waals surface area contributed by atoms with E-state index < -0.39 is 0 Å². The lowest BCUT2D eigenvalue weighted by Gasteiger charge is -2.45. The van der Waals surface area contributed by atoms with E-state index in [1.54, 1.807) is 0 Å². The molecule has 0 aromatic heterocycles. The van der Waals surface area contributed by atoms with Gasteiger partial charge in [-0.2, -0.15) is 0 Å². The standard InChI is InChI=1S/C14H26/c1-4-12-6-7-13-9-10(2)5-8-14(13)11(12)3/h10-14H,4-9H2,1-3H3. The average molecular weight is 194 g/mol. The van der Waals surface area contributed by atoms with E-state index in [9.17, 15) is 0 Å². The van der Waals surface area contributed by atoms with Gasteiger partial charge in [-0.1, -0.05) is 33.6 Å². The Morgan fingerprint density at radius 3 is 2.50 bits per heavy atom. The molecule has 82 valence electrons. The molecule has 0 aromatic carbocycles. The molecule has 14 heavy (non-hydrogen) atoms. The zero-order chi connectivity index (χ0) is 10.1. The predicted molar refractivity (Wildman–Crippen MR) is 62.2 cm³/mol. The highest BCUT2D eigenvalue weighted by molar-refractivity contribution is 4.88. The molecule has 2 fully saturated rings. The molecule has 0 aromatic rings. The third-order valence-corrected chi connectivity index (χ3v) is 5.15. The zero-order valence-corrected chi connectivity index (χ0v) is 10.1.